The number of nitrogens with two attached hydrogens (primary N) is 1. The van der Waals surface area contributed by atoms with Gasteiger partial charge in [-0.15, -0.1) is 12.4 Å². The van der Waals surface area contributed by atoms with E-state index in [9.17, 15) is 4.39 Å². The van der Waals surface area contributed by atoms with Crippen molar-refractivity contribution in [2.24, 2.45) is 5.73 Å². The summed E-state index contributed by atoms with van der Waals surface area (Å²) in [5.41, 5.74) is 5.99. The van der Waals surface area contributed by atoms with Crippen LogP contribution in [0.25, 0.3) is 0 Å². The molecule has 0 unspecified atom stereocenters. The molecule has 1 atom stereocenters. The summed E-state index contributed by atoms with van der Waals surface area (Å²) in [6, 6.07) is 3.69. The van der Waals surface area contributed by atoms with Crippen LogP contribution >= 0.6 is 24.0 Å². The molecular weight excluding hydrogens is 216 g/mol. The molecule has 0 spiro atoms. The van der Waals surface area contributed by atoms with Crippen LogP contribution in [-0.2, 0) is 0 Å². The number of rotatable bonds is 2. The third-order valence-corrected chi connectivity index (χ3v) is 1.88. The summed E-state index contributed by atoms with van der Waals surface area (Å²) in [6.45, 7) is -0.207. The van der Waals surface area contributed by atoms with E-state index in [0.717, 1.165) is 0 Å². The number of aliphatic hydroxyl groups excluding tert-OH is 1. The Bertz CT molecular complexity index is 283. The lowest BCUT2D eigenvalue weighted by molar-refractivity contribution is 0.268. The van der Waals surface area contributed by atoms with Crippen molar-refractivity contribution in [3.63, 3.8) is 0 Å². The van der Waals surface area contributed by atoms with Crippen molar-refractivity contribution >= 4 is 24.0 Å². The van der Waals surface area contributed by atoms with Gasteiger partial charge in [0.25, 0.3) is 0 Å². The Morgan fingerprint density at radius 1 is 1.54 bits per heavy atom. The topological polar surface area (TPSA) is 46.2 Å². The Balaban J connectivity index is 0.00000144. The van der Waals surface area contributed by atoms with Gasteiger partial charge in [0.05, 0.1) is 17.7 Å². The van der Waals surface area contributed by atoms with Gasteiger partial charge >= 0.3 is 0 Å². The maximum atomic E-state index is 12.8. The Hall–Kier alpha value is -0.350. The molecule has 0 aliphatic rings. The fraction of sp³-hybridized carbons (Fsp3) is 0.250. The van der Waals surface area contributed by atoms with Crippen molar-refractivity contribution in [3.05, 3.63) is 34.6 Å². The van der Waals surface area contributed by atoms with Gasteiger partial charge < -0.3 is 10.8 Å². The van der Waals surface area contributed by atoms with Crippen LogP contribution in [0.5, 0.6) is 0 Å². The van der Waals surface area contributed by atoms with E-state index < -0.39 is 11.9 Å². The van der Waals surface area contributed by atoms with E-state index in [1.54, 1.807) is 6.07 Å². The number of hydrogen-bond donors (Lipinski definition) is 2. The minimum atomic E-state index is -0.545. The smallest absolute Gasteiger partial charge is 0.142 e. The molecule has 74 valence electrons. The van der Waals surface area contributed by atoms with Gasteiger partial charge in [0.1, 0.15) is 5.82 Å². The van der Waals surface area contributed by atoms with Crippen molar-refractivity contribution in [2.75, 3.05) is 6.61 Å². The lowest BCUT2D eigenvalue weighted by Gasteiger charge is -2.08. The summed E-state index contributed by atoms with van der Waals surface area (Å²) >= 11 is 5.45. The minimum absolute atomic E-state index is 0. The number of hydrogen-bond acceptors (Lipinski definition) is 2. The Morgan fingerprint density at radius 2 is 2.15 bits per heavy atom. The highest BCUT2D eigenvalue weighted by Crippen LogP contribution is 2.18. The molecule has 0 fully saturated rings. The second-order valence-corrected chi connectivity index (χ2v) is 2.87. The molecular formula is C8H10Cl2FNO. The fourth-order valence-corrected chi connectivity index (χ4v) is 0.966. The molecule has 2 nitrogen and oxygen atoms in total. The molecule has 0 bridgehead atoms. The first-order valence-electron chi connectivity index (χ1n) is 3.46. The molecule has 0 radical (unpaired) electrons. The lowest BCUT2D eigenvalue weighted by atomic mass is 10.1. The average Bonchev–Trinajstić information content (AvgIpc) is 2.08. The Labute approximate surface area is 86.9 Å². The Morgan fingerprint density at radius 3 is 2.62 bits per heavy atom. The van der Waals surface area contributed by atoms with E-state index >= 15 is 0 Å². The number of aliphatic hydroxyl groups is 1. The molecule has 0 amide bonds. The zero-order chi connectivity index (χ0) is 9.14. The summed E-state index contributed by atoms with van der Waals surface area (Å²) in [5, 5.41) is 8.73. The van der Waals surface area contributed by atoms with Crippen LogP contribution in [0.3, 0.4) is 0 Å². The van der Waals surface area contributed by atoms with Crippen molar-refractivity contribution in [1.29, 1.82) is 0 Å². The fourth-order valence-electron chi connectivity index (χ4n) is 0.848. The van der Waals surface area contributed by atoms with E-state index in [4.69, 9.17) is 22.4 Å². The maximum Gasteiger partial charge on any atom is 0.142 e. The molecule has 0 saturated heterocycles. The van der Waals surface area contributed by atoms with Crippen molar-refractivity contribution < 1.29 is 9.50 Å². The van der Waals surface area contributed by atoms with Gasteiger partial charge in [0.2, 0.25) is 0 Å². The summed E-state index contributed by atoms with van der Waals surface area (Å²) < 4.78 is 12.8. The van der Waals surface area contributed by atoms with E-state index in [1.807, 2.05) is 0 Å². The van der Waals surface area contributed by atoms with E-state index in [0.29, 0.717) is 5.56 Å². The predicted octanol–water partition coefficient (Wildman–Crippen LogP) is 1.89. The molecule has 0 aliphatic heterocycles. The van der Waals surface area contributed by atoms with E-state index in [1.165, 1.54) is 12.1 Å². The average molecular weight is 226 g/mol. The zero-order valence-electron chi connectivity index (χ0n) is 6.71. The molecule has 0 aliphatic carbocycles. The monoisotopic (exact) mass is 225 g/mol. The molecule has 1 aromatic carbocycles. The first kappa shape index (κ1) is 12.7. The largest absolute Gasteiger partial charge is 0.394 e. The molecule has 0 heterocycles. The standard InChI is InChI=1S/C8H9ClFNO.ClH/c9-6-2-1-5(3-7(6)10)8(11)4-12;/h1-3,8,12H,4,11H2;1H/t8-;/m0./s1. The van der Waals surface area contributed by atoms with E-state index in [-0.39, 0.29) is 24.0 Å². The third kappa shape index (κ3) is 3.12. The van der Waals surface area contributed by atoms with Crippen LogP contribution in [0.1, 0.15) is 11.6 Å². The molecule has 13 heavy (non-hydrogen) atoms. The minimum Gasteiger partial charge on any atom is -0.394 e. The molecule has 5 heteroatoms. The highest BCUT2D eigenvalue weighted by atomic mass is 35.5. The van der Waals surface area contributed by atoms with Crippen molar-refractivity contribution in [2.45, 2.75) is 6.04 Å². The SMILES string of the molecule is Cl.N[C@@H](CO)c1ccc(Cl)c(F)c1. The summed E-state index contributed by atoms with van der Waals surface area (Å²) in [5.74, 6) is -0.516. The van der Waals surface area contributed by atoms with Gasteiger partial charge in [-0.05, 0) is 17.7 Å². The van der Waals surface area contributed by atoms with Gasteiger partial charge in [-0.2, -0.15) is 0 Å². The molecule has 0 saturated carbocycles. The second kappa shape index (κ2) is 5.40. The van der Waals surface area contributed by atoms with Gasteiger partial charge in [0, 0.05) is 0 Å². The highest BCUT2D eigenvalue weighted by Gasteiger charge is 2.06. The van der Waals surface area contributed by atoms with Crippen LogP contribution in [-0.4, -0.2) is 11.7 Å². The van der Waals surface area contributed by atoms with Crippen molar-refractivity contribution in [1.82, 2.24) is 0 Å². The zero-order valence-corrected chi connectivity index (χ0v) is 8.28. The Kier molecular flexibility index (Phi) is 5.25. The number of benzene rings is 1. The van der Waals surface area contributed by atoms with Gasteiger partial charge in [-0.1, -0.05) is 17.7 Å². The van der Waals surface area contributed by atoms with Crippen LogP contribution in [0, 0.1) is 5.82 Å². The van der Waals surface area contributed by atoms with E-state index in [2.05, 4.69) is 0 Å². The summed E-state index contributed by atoms with van der Waals surface area (Å²) in [6.07, 6.45) is 0. The highest BCUT2D eigenvalue weighted by molar-refractivity contribution is 6.30. The normalized spacial score (nSPS) is 12.0. The van der Waals surface area contributed by atoms with Crippen LogP contribution in [0.2, 0.25) is 5.02 Å². The van der Waals surface area contributed by atoms with Crippen LogP contribution in [0.15, 0.2) is 18.2 Å². The first-order chi connectivity index (χ1) is 5.65. The molecule has 0 aromatic heterocycles. The summed E-state index contributed by atoms with van der Waals surface area (Å²) in [4.78, 5) is 0. The number of halogens is 3. The predicted molar refractivity (Wildman–Crippen MR) is 52.7 cm³/mol. The first-order valence-corrected chi connectivity index (χ1v) is 3.84. The van der Waals surface area contributed by atoms with Gasteiger partial charge in [-0.3, -0.25) is 0 Å². The molecule has 3 N–H and O–H groups in total. The van der Waals surface area contributed by atoms with Crippen molar-refractivity contribution in [3.8, 4) is 0 Å². The third-order valence-electron chi connectivity index (χ3n) is 1.57. The van der Waals surface area contributed by atoms with Gasteiger partial charge in [0.15, 0.2) is 0 Å². The quantitative estimate of drug-likeness (QED) is 0.808. The van der Waals surface area contributed by atoms with Gasteiger partial charge in [-0.25, -0.2) is 4.39 Å². The maximum absolute atomic E-state index is 12.8. The van der Waals surface area contributed by atoms with Crippen LogP contribution in [0.4, 0.5) is 4.39 Å². The lowest BCUT2D eigenvalue weighted by Crippen LogP contribution is -2.14. The van der Waals surface area contributed by atoms with Crippen LogP contribution < -0.4 is 5.73 Å². The molecule has 1 rings (SSSR count). The second-order valence-electron chi connectivity index (χ2n) is 2.46. The molecule has 1 aromatic rings. The summed E-state index contributed by atoms with van der Waals surface area (Å²) in [7, 11) is 0.